The third kappa shape index (κ3) is 2.25. The molecular weight excluding hydrogens is 132 g/mol. The lowest BCUT2D eigenvalue weighted by Crippen LogP contribution is -2.29. The van der Waals surface area contributed by atoms with Crippen LogP contribution >= 0.6 is 0 Å². The van der Waals surface area contributed by atoms with E-state index in [9.17, 15) is 0 Å². The van der Waals surface area contributed by atoms with Crippen molar-refractivity contribution in [3.8, 4) is 0 Å². The van der Waals surface area contributed by atoms with E-state index in [0.29, 0.717) is 19.4 Å². The number of rotatable bonds is 2. The molecule has 1 rings (SSSR count). The second kappa shape index (κ2) is 3.91. The number of ether oxygens (including phenoxy) is 1. The lowest BCUT2D eigenvalue weighted by molar-refractivity contribution is -0.0512. The molecule has 1 aliphatic heterocycles. The summed E-state index contributed by atoms with van der Waals surface area (Å²) in [5.41, 5.74) is 0. The Bertz CT molecular complexity index is 92.9. The molecule has 1 fully saturated rings. The monoisotopic (exact) mass is 146 g/mol. The third-order valence-electron chi connectivity index (χ3n) is 1.79. The summed E-state index contributed by atoms with van der Waals surface area (Å²) in [6.07, 6.45) is 1.93. The van der Waals surface area contributed by atoms with Gasteiger partial charge in [-0.2, -0.15) is 0 Å². The van der Waals surface area contributed by atoms with E-state index in [4.69, 9.17) is 14.9 Å². The van der Waals surface area contributed by atoms with Crippen LogP contribution < -0.4 is 0 Å². The van der Waals surface area contributed by atoms with Gasteiger partial charge in [-0.25, -0.2) is 0 Å². The molecule has 0 saturated carbocycles. The van der Waals surface area contributed by atoms with Gasteiger partial charge in [0.15, 0.2) is 0 Å². The van der Waals surface area contributed by atoms with Crippen LogP contribution in [0.5, 0.6) is 0 Å². The molecule has 0 spiro atoms. The summed E-state index contributed by atoms with van der Waals surface area (Å²) in [5, 5.41) is 17.7. The summed E-state index contributed by atoms with van der Waals surface area (Å²) in [4.78, 5) is 0. The van der Waals surface area contributed by atoms with Gasteiger partial charge in [0.05, 0.1) is 12.2 Å². The predicted molar refractivity (Wildman–Crippen MR) is 36.7 cm³/mol. The number of aliphatic hydroxyl groups is 2. The first-order valence-corrected chi connectivity index (χ1v) is 3.73. The summed E-state index contributed by atoms with van der Waals surface area (Å²) >= 11 is 0. The average Bonchev–Trinajstić information content (AvgIpc) is 1.88. The van der Waals surface area contributed by atoms with Crippen LogP contribution in [0.4, 0.5) is 0 Å². The fourth-order valence-corrected chi connectivity index (χ4v) is 1.21. The summed E-state index contributed by atoms with van der Waals surface area (Å²) < 4.78 is 5.27. The zero-order chi connectivity index (χ0) is 7.40. The third-order valence-corrected chi connectivity index (χ3v) is 1.79. The Morgan fingerprint density at radius 2 is 2.30 bits per heavy atom. The second-order valence-corrected chi connectivity index (χ2v) is 2.68. The van der Waals surface area contributed by atoms with Crippen LogP contribution in [0.15, 0.2) is 0 Å². The molecule has 0 radical (unpaired) electrons. The van der Waals surface area contributed by atoms with Gasteiger partial charge in [-0.1, -0.05) is 0 Å². The summed E-state index contributed by atoms with van der Waals surface area (Å²) in [6, 6.07) is 0. The molecule has 0 aromatic carbocycles. The van der Waals surface area contributed by atoms with Crippen molar-refractivity contribution in [2.75, 3.05) is 13.2 Å². The van der Waals surface area contributed by atoms with E-state index < -0.39 is 0 Å². The minimum Gasteiger partial charge on any atom is -0.396 e. The predicted octanol–water partition coefficient (Wildman–Crippen LogP) is -0.0913. The van der Waals surface area contributed by atoms with E-state index in [-0.39, 0.29) is 18.8 Å². The molecule has 0 amide bonds. The van der Waals surface area contributed by atoms with Crippen LogP contribution in [0.3, 0.4) is 0 Å². The Morgan fingerprint density at radius 1 is 1.50 bits per heavy atom. The summed E-state index contributed by atoms with van der Waals surface area (Å²) in [6.45, 7) is 0.781. The van der Waals surface area contributed by atoms with Crippen molar-refractivity contribution in [3.05, 3.63) is 0 Å². The number of aliphatic hydroxyl groups excluding tert-OH is 2. The zero-order valence-corrected chi connectivity index (χ0v) is 5.99. The van der Waals surface area contributed by atoms with Gasteiger partial charge in [0.25, 0.3) is 0 Å². The molecule has 0 bridgehead atoms. The fraction of sp³-hybridized carbons (Fsp3) is 1.00. The van der Waals surface area contributed by atoms with Gasteiger partial charge in [-0.05, 0) is 19.3 Å². The van der Waals surface area contributed by atoms with Crippen molar-refractivity contribution < 1.29 is 14.9 Å². The van der Waals surface area contributed by atoms with E-state index in [1.165, 1.54) is 0 Å². The highest BCUT2D eigenvalue weighted by atomic mass is 16.5. The molecule has 0 aromatic heterocycles. The van der Waals surface area contributed by atoms with E-state index in [1.54, 1.807) is 0 Å². The van der Waals surface area contributed by atoms with Crippen LogP contribution in [-0.4, -0.2) is 35.6 Å². The van der Waals surface area contributed by atoms with E-state index in [1.807, 2.05) is 0 Å². The molecule has 0 unspecified atom stereocenters. The quantitative estimate of drug-likeness (QED) is 0.572. The van der Waals surface area contributed by atoms with Gasteiger partial charge >= 0.3 is 0 Å². The molecular formula is C7H14O3. The summed E-state index contributed by atoms with van der Waals surface area (Å²) in [7, 11) is 0. The Labute approximate surface area is 60.6 Å². The van der Waals surface area contributed by atoms with Crippen LogP contribution in [0.2, 0.25) is 0 Å². The van der Waals surface area contributed by atoms with Gasteiger partial charge in [0, 0.05) is 13.2 Å². The topological polar surface area (TPSA) is 49.7 Å². The highest BCUT2D eigenvalue weighted by Crippen LogP contribution is 2.15. The Balaban J connectivity index is 2.18. The molecule has 10 heavy (non-hydrogen) atoms. The molecule has 1 saturated heterocycles. The lowest BCUT2D eigenvalue weighted by Gasteiger charge is -2.25. The number of hydrogen-bond acceptors (Lipinski definition) is 3. The lowest BCUT2D eigenvalue weighted by atomic mass is 10.0. The Morgan fingerprint density at radius 3 is 2.90 bits per heavy atom. The molecule has 3 nitrogen and oxygen atoms in total. The standard InChI is InChI=1S/C7H14O3/c8-3-1-7-5-6(9)2-4-10-7/h6-9H,1-5H2/t6-,7-/m1/s1. The zero-order valence-electron chi connectivity index (χ0n) is 5.99. The van der Waals surface area contributed by atoms with Gasteiger partial charge in [0.1, 0.15) is 0 Å². The highest BCUT2D eigenvalue weighted by molar-refractivity contribution is 4.69. The SMILES string of the molecule is OCC[C@@H]1C[C@H](O)CCO1. The number of hydrogen-bond donors (Lipinski definition) is 2. The Hall–Kier alpha value is -0.120. The molecule has 0 aromatic rings. The Kier molecular flexibility index (Phi) is 3.12. The van der Waals surface area contributed by atoms with Crippen LogP contribution in [0.25, 0.3) is 0 Å². The molecule has 1 heterocycles. The van der Waals surface area contributed by atoms with E-state index >= 15 is 0 Å². The fourth-order valence-electron chi connectivity index (χ4n) is 1.21. The minimum atomic E-state index is -0.217. The van der Waals surface area contributed by atoms with Gasteiger partial charge in [0.2, 0.25) is 0 Å². The first-order chi connectivity index (χ1) is 4.83. The maximum Gasteiger partial charge on any atom is 0.0621 e. The van der Waals surface area contributed by atoms with Crippen molar-refractivity contribution in [2.45, 2.75) is 31.5 Å². The normalized spacial score (nSPS) is 34.2. The first-order valence-electron chi connectivity index (χ1n) is 3.73. The van der Waals surface area contributed by atoms with Gasteiger partial charge in [-0.15, -0.1) is 0 Å². The van der Waals surface area contributed by atoms with Crippen LogP contribution in [0.1, 0.15) is 19.3 Å². The van der Waals surface area contributed by atoms with E-state index in [2.05, 4.69) is 0 Å². The molecule has 0 aliphatic carbocycles. The molecule has 2 atom stereocenters. The smallest absolute Gasteiger partial charge is 0.0621 e. The van der Waals surface area contributed by atoms with Crippen molar-refractivity contribution in [3.63, 3.8) is 0 Å². The maximum absolute atomic E-state index is 9.14. The first kappa shape index (κ1) is 7.98. The summed E-state index contributed by atoms with van der Waals surface area (Å²) in [5.74, 6) is 0. The van der Waals surface area contributed by atoms with Crippen molar-refractivity contribution in [1.29, 1.82) is 0 Å². The van der Waals surface area contributed by atoms with Crippen LogP contribution in [-0.2, 0) is 4.74 Å². The molecule has 1 aliphatic rings. The molecule has 60 valence electrons. The van der Waals surface area contributed by atoms with Gasteiger partial charge in [-0.3, -0.25) is 0 Å². The minimum absolute atomic E-state index is 0.0775. The van der Waals surface area contributed by atoms with Crippen molar-refractivity contribution in [1.82, 2.24) is 0 Å². The average molecular weight is 146 g/mol. The van der Waals surface area contributed by atoms with Gasteiger partial charge < -0.3 is 14.9 Å². The largest absolute Gasteiger partial charge is 0.396 e. The van der Waals surface area contributed by atoms with Crippen molar-refractivity contribution >= 4 is 0 Å². The maximum atomic E-state index is 9.14. The second-order valence-electron chi connectivity index (χ2n) is 2.68. The molecule has 3 heteroatoms. The highest BCUT2D eigenvalue weighted by Gasteiger charge is 2.19. The van der Waals surface area contributed by atoms with E-state index in [0.717, 1.165) is 6.42 Å². The molecule has 2 N–H and O–H groups in total. The van der Waals surface area contributed by atoms with Crippen LogP contribution in [0, 0.1) is 0 Å². The van der Waals surface area contributed by atoms with Crippen molar-refractivity contribution in [2.24, 2.45) is 0 Å².